The maximum Gasteiger partial charge on any atom is 0.358 e. The molecule has 0 aromatic rings. The molecule has 0 saturated carbocycles. The Labute approximate surface area is 86.5 Å². The van der Waals surface area contributed by atoms with E-state index in [1.165, 1.54) is 13.8 Å². The predicted octanol–water partition coefficient (Wildman–Crippen LogP) is -0.435. The Balaban J connectivity index is 3.15. The summed E-state index contributed by atoms with van der Waals surface area (Å²) >= 11 is 0. The van der Waals surface area contributed by atoms with Crippen molar-refractivity contribution in [3.8, 4) is 0 Å². The van der Waals surface area contributed by atoms with Crippen molar-refractivity contribution in [1.82, 2.24) is 4.90 Å². The molecule has 1 aliphatic heterocycles. The molecule has 0 aromatic carbocycles. The first kappa shape index (κ1) is 11.6. The number of aliphatic hydroxyl groups is 1. The lowest BCUT2D eigenvalue weighted by Gasteiger charge is -2.34. The fraction of sp³-hybridized carbons (Fsp3) is 0.667. The number of hydrogen-bond acceptors (Lipinski definition) is 4. The minimum absolute atomic E-state index is 0.0405. The Morgan fingerprint density at radius 1 is 1.33 bits per heavy atom. The summed E-state index contributed by atoms with van der Waals surface area (Å²) in [6, 6.07) is 0. The molecule has 0 spiro atoms. The SMILES string of the molecule is CC(C)[C@](O)(C(=O)O)N1C(=O)CCC1=O. The van der Waals surface area contributed by atoms with Crippen molar-refractivity contribution in [2.45, 2.75) is 32.4 Å². The molecule has 1 fully saturated rings. The normalized spacial score (nSPS) is 20.9. The van der Waals surface area contributed by atoms with E-state index in [-0.39, 0.29) is 12.8 Å². The van der Waals surface area contributed by atoms with Gasteiger partial charge in [0.05, 0.1) is 0 Å². The zero-order valence-electron chi connectivity index (χ0n) is 8.56. The number of carbonyl (C=O) groups is 3. The Morgan fingerprint density at radius 2 is 1.73 bits per heavy atom. The highest BCUT2D eigenvalue weighted by molar-refractivity contribution is 6.05. The first-order valence-corrected chi connectivity index (χ1v) is 4.63. The topological polar surface area (TPSA) is 94.9 Å². The van der Waals surface area contributed by atoms with Crippen LogP contribution in [0.2, 0.25) is 0 Å². The van der Waals surface area contributed by atoms with Crippen molar-refractivity contribution in [3.05, 3.63) is 0 Å². The smallest absolute Gasteiger partial charge is 0.358 e. The van der Waals surface area contributed by atoms with Crippen LogP contribution in [-0.2, 0) is 14.4 Å². The van der Waals surface area contributed by atoms with Crippen LogP contribution in [0.15, 0.2) is 0 Å². The minimum Gasteiger partial charge on any atom is -0.478 e. The number of carboxylic acids is 1. The number of amides is 2. The van der Waals surface area contributed by atoms with Crippen LogP contribution < -0.4 is 0 Å². The van der Waals surface area contributed by atoms with E-state index in [2.05, 4.69) is 0 Å². The van der Waals surface area contributed by atoms with Gasteiger partial charge in [0.25, 0.3) is 0 Å². The van der Waals surface area contributed by atoms with Crippen LogP contribution in [0.1, 0.15) is 26.7 Å². The van der Waals surface area contributed by atoms with E-state index in [4.69, 9.17) is 5.11 Å². The van der Waals surface area contributed by atoms with Crippen molar-refractivity contribution >= 4 is 17.8 Å². The summed E-state index contributed by atoms with van der Waals surface area (Å²) in [4.78, 5) is 34.0. The van der Waals surface area contributed by atoms with Gasteiger partial charge in [-0.1, -0.05) is 13.8 Å². The second-order valence-electron chi connectivity index (χ2n) is 3.81. The first-order valence-electron chi connectivity index (χ1n) is 4.63. The molecule has 0 bridgehead atoms. The highest BCUT2D eigenvalue weighted by Gasteiger charge is 2.52. The summed E-state index contributed by atoms with van der Waals surface area (Å²) in [5, 5.41) is 18.8. The van der Waals surface area contributed by atoms with Gasteiger partial charge >= 0.3 is 5.97 Å². The third-order valence-corrected chi connectivity index (χ3v) is 2.51. The van der Waals surface area contributed by atoms with E-state index in [0.29, 0.717) is 4.90 Å². The molecule has 0 aromatic heterocycles. The Kier molecular flexibility index (Phi) is 2.81. The van der Waals surface area contributed by atoms with Gasteiger partial charge in [0.15, 0.2) is 0 Å². The molecule has 84 valence electrons. The minimum atomic E-state index is -2.43. The van der Waals surface area contributed by atoms with Crippen LogP contribution in [0.25, 0.3) is 0 Å². The average Bonchev–Trinajstić information content (AvgIpc) is 2.44. The quantitative estimate of drug-likeness (QED) is 0.622. The standard InChI is InChI=1S/C9H13NO5/c1-5(2)9(15,8(13)14)10-6(11)3-4-7(10)12/h5,15H,3-4H2,1-2H3,(H,13,14)/t9-/m0/s1. The monoisotopic (exact) mass is 215 g/mol. The number of likely N-dealkylation sites (tertiary alicyclic amines) is 1. The number of nitrogens with zero attached hydrogens (tertiary/aromatic N) is 1. The fourth-order valence-corrected chi connectivity index (χ4v) is 1.56. The molecule has 1 atom stereocenters. The van der Waals surface area contributed by atoms with E-state index in [0.717, 1.165) is 0 Å². The fourth-order valence-electron chi connectivity index (χ4n) is 1.56. The summed E-state index contributed by atoms with van der Waals surface area (Å²) in [6.07, 6.45) is -0.0811. The molecular formula is C9H13NO5. The number of imide groups is 1. The van der Waals surface area contributed by atoms with Gasteiger partial charge in [-0.3, -0.25) is 9.59 Å². The van der Waals surface area contributed by atoms with Gasteiger partial charge in [-0.15, -0.1) is 0 Å². The Morgan fingerprint density at radius 3 is 2.00 bits per heavy atom. The maximum absolute atomic E-state index is 11.3. The lowest BCUT2D eigenvalue weighted by molar-refractivity contribution is -0.197. The number of hydrogen-bond donors (Lipinski definition) is 2. The molecule has 1 aliphatic rings. The van der Waals surface area contributed by atoms with Gasteiger partial charge in [-0.05, 0) is 0 Å². The van der Waals surface area contributed by atoms with Crippen LogP contribution in [0, 0.1) is 5.92 Å². The Bertz CT molecular complexity index is 308. The lowest BCUT2D eigenvalue weighted by atomic mass is 9.98. The summed E-state index contributed by atoms with van der Waals surface area (Å²) in [5.74, 6) is -3.63. The summed E-state index contributed by atoms with van der Waals surface area (Å²) in [5.41, 5.74) is -2.43. The Hall–Kier alpha value is -1.43. The molecule has 0 aliphatic carbocycles. The third-order valence-electron chi connectivity index (χ3n) is 2.51. The van der Waals surface area contributed by atoms with Crippen LogP contribution >= 0.6 is 0 Å². The highest BCUT2D eigenvalue weighted by Crippen LogP contribution is 2.28. The molecule has 6 nitrogen and oxygen atoms in total. The number of carboxylic acid groups (broad SMARTS) is 1. The van der Waals surface area contributed by atoms with E-state index < -0.39 is 29.4 Å². The van der Waals surface area contributed by atoms with Crippen LogP contribution in [-0.4, -0.2) is 38.6 Å². The van der Waals surface area contributed by atoms with Crippen LogP contribution in [0.3, 0.4) is 0 Å². The van der Waals surface area contributed by atoms with Crippen molar-refractivity contribution < 1.29 is 24.6 Å². The van der Waals surface area contributed by atoms with E-state index >= 15 is 0 Å². The van der Waals surface area contributed by atoms with Crippen molar-refractivity contribution in [3.63, 3.8) is 0 Å². The van der Waals surface area contributed by atoms with Gasteiger partial charge in [-0.25, -0.2) is 9.69 Å². The van der Waals surface area contributed by atoms with E-state index in [9.17, 15) is 19.5 Å². The third kappa shape index (κ3) is 1.61. The first-order chi connectivity index (χ1) is 6.81. The molecule has 1 rings (SSSR count). The van der Waals surface area contributed by atoms with Gasteiger partial charge in [0.1, 0.15) is 0 Å². The van der Waals surface area contributed by atoms with Gasteiger partial charge in [0.2, 0.25) is 17.5 Å². The lowest BCUT2D eigenvalue weighted by Crippen LogP contribution is -2.60. The molecule has 0 unspecified atom stereocenters. The summed E-state index contributed by atoms with van der Waals surface area (Å²) < 4.78 is 0. The van der Waals surface area contributed by atoms with E-state index in [1.54, 1.807) is 0 Å². The number of rotatable bonds is 3. The number of carbonyl (C=O) groups excluding carboxylic acids is 2. The maximum atomic E-state index is 11.3. The largest absolute Gasteiger partial charge is 0.478 e. The second-order valence-corrected chi connectivity index (χ2v) is 3.81. The zero-order valence-corrected chi connectivity index (χ0v) is 8.56. The van der Waals surface area contributed by atoms with Crippen molar-refractivity contribution in [2.75, 3.05) is 0 Å². The summed E-state index contributed by atoms with van der Waals surface area (Å²) in [6.45, 7) is 2.88. The molecule has 2 amide bonds. The molecule has 2 N–H and O–H groups in total. The summed E-state index contributed by atoms with van der Waals surface area (Å²) in [7, 11) is 0. The zero-order chi connectivity index (χ0) is 11.8. The molecule has 1 heterocycles. The van der Waals surface area contributed by atoms with Gasteiger partial charge in [0, 0.05) is 18.8 Å². The molecule has 0 radical (unpaired) electrons. The molecular weight excluding hydrogens is 202 g/mol. The second kappa shape index (κ2) is 3.62. The van der Waals surface area contributed by atoms with Crippen molar-refractivity contribution in [1.29, 1.82) is 0 Å². The van der Waals surface area contributed by atoms with Gasteiger partial charge < -0.3 is 10.2 Å². The van der Waals surface area contributed by atoms with Crippen LogP contribution in [0.4, 0.5) is 0 Å². The highest BCUT2D eigenvalue weighted by atomic mass is 16.4. The molecule has 1 saturated heterocycles. The van der Waals surface area contributed by atoms with Gasteiger partial charge in [-0.2, -0.15) is 0 Å². The van der Waals surface area contributed by atoms with Crippen LogP contribution in [0.5, 0.6) is 0 Å². The predicted molar refractivity (Wildman–Crippen MR) is 48.5 cm³/mol. The van der Waals surface area contributed by atoms with E-state index in [1.807, 2.05) is 0 Å². The average molecular weight is 215 g/mol. The number of aliphatic carboxylic acids is 1. The molecule has 6 heteroatoms. The van der Waals surface area contributed by atoms with Crippen molar-refractivity contribution in [2.24, 2.45) is 5.92 Å². The molecule has 15 heavy (non-hydrogen) atoms.